The minimum Gasteiger partial charge on any atom is -0.444 e. The number of carbonyl (C=O) groups is 3. The first-order valence-corrected chi connectivity index (χ1v) is 7.91. The van der Waals surface area contributed by atoms with E-state index >= 15 is 0 Å². The second kappa shape index (κ2) is 8.47. The van der Waals surface area contributed by atoms with Crippen molar-refractivity contribution in [3.05, 3.63) is 35.9 Å². The quantitative estimate of drug-likeness (QED) is 0.641. The fourth-order valence-corrected chi connectivity index (χ4v) is 2.33. The summed E-state index contributed by atoms with van der Waals surface area (Å²) in [6, 6.07) is 8.63. The minimum atomic E-state index is -0.746. The number of ether oxygens (including phenoxy) is 1. The highest BCUT2D eigenvalue weighted by Gasteiger charge is 2.32. The van der Waals surface area contributed by atoms with E-state index in [2.05, 4.69) is 5.32 Å². The number of amides is 2. The Balaban J connectivity index is 3.05. The van der Waals surface area contributed by atoms with Gasteiger partial charge in [0, 0.05) is 6.92 Å². The standard InChI is InChI=1S/C18H26N2O4/c1-13(19-14(2)22)20(17(23)24-18(3,4)5)16(12-21)11-15-9-7-6-8-10-15/h6-10,12-13,16H,11H2,1-5H3,(H,19,22)/t13?,16-/m0/s1. The molecule has 1 aromatic carbocycles. The Morgan fingerprint density at radius 2 is 1.83 bits per heavy atom. The van der Waals surface area contributed by atoms with E-state index in [1.807, 2.05) is 30.3 Å². The van der Waals surface area contributed by atoms with Crippen molar-refractivity contribution in [3.63, 3.8) is 0 Å². The minimum absolute atomic E-state index is 0.291. The maximum atomic E-state index is 12.6. The summed E-state index contributed by atoms with van der Waals surface area (Å²) in [5.41, 5.74) is 0.212. The molecule has 6 nitrogen and oxygen atoms in total. The Morgan fingerprint density at radius 1 is 1.25 bits per heavy atom. The third-order valence-corrected chi connectivity index (χ3v) is 3.24. The van der Waals surface area contributed by atoms with Gasteiger partial charge in [-0.1, -0.05) is 30.3 Å². The van der Waals surface area contributed by atoms with Gasteiger partial charge in [0.15, 0.2) is 0 Å². The molecule has 0 aliphatic heterocycles. The van der Waals surface area contributed by atoms with Gasteiger partial charge in [-0.25, -0.2) is 4.79 Å². The predicted molar refractivity (Wildman–Crippen MR) is 91.3 cm³/mol. The maximum absolute atomic E-state index is 12.6. The van der Waals surface area contributed by atoms with Crippen LogP contribution in [0.2, 0.25) is 0 Å². The van der Waals surface area contributed by atoms with Crippen LogP contribution in [0.5, 0.6) is 0 Å². The summed E-state index contributed by atoms with van der Waals surface area (Å²) in [4.78, 5) is 36.8. The number of carbonyl (C=O) groups excluding carboxylic acids is 3. The molecular formula is C18H26N2O4. The van der Waals surface area contributed by atoms with E-state index < -0.39 is 23.9 Å². The van der Waals surface area contributed by atoms with Crippen molar-refractivity contribution in [3.8, 4) is 0 Å². The average molecular weight is 334 g/mol. The highest BCUT2D eigenvalue weighted by molar-refractivity contribution is 5.77. The third-order valence-electron chi connectivity index (χ3n) is 3.24. The number of aldehydes is 1. The summed E-state index contributed by atoms with van der Waals surface area (Å²) in [5, 5.41) is 2.64. The molecule has 0 aliphatic carbocycles. The van der Waals surface area contributed by atoms with E-state index in [0.717, 1.165) is 5.56 Å². The Hall–Kier alpha value is -2.37. The molecule has 0 saturated heterocycles. The average Bonchev–Trinajstić information content (AvgIpc) is 2.44. The zero-order valence-corrected chi connectivity index (χ0v) is 14.9. The first-order chi connectivity index (χ1) is 11.1. The molecule has 0 heterocycles. The molecule has 132 valence electrons. The Bertz CT molecular complexity index is 566. The van der Waals surface area contributed by atoms with E-state index in [-0.39, 0.29) is 5.91 Å². The van der Waals surface area contributed by atoms with Crippen molar-refractivity contribution in [2.45, 2.75) is 58.8 Å². The molecule has 0 bridgehead atoms. The van der Waals surface area contributed by atoms with E-state index in [4.69, 9.17) is 4.74 Å². The fourth-order valence-electron chi connectivity index (χ4n) is 2.33. The van der Waals surface area contributed by atoms with Gasteiger partial charge in [-0.05, 0) is 39.7 Å². The third kappa shape index (κ3) is 6.40. The van der Waals surface area contributed by atoms with Crippen molar-refractivity contribution in [2.75, 3.05) is 0 Å². The van der Waals surface area contributed by atoms with Crippen LogP contribution < -0.4 is 5.32 Å². The van der Waals surface area contributed by atoms with Crippen molar-refractivity contribution >= 4 is 18.3 Å². The fraction of sp³-hybridized carbons (Fsp3) is 0.500. The summed E-state index contributed by atoms with van der Waals surface area (Å²) < 4.78 is 5.40. The SMILES string of the molecule is CC(=O)NC(C)N(C(=O)OC(C)(C)C)[C@H](C=O)Cc1ccccc1. The summed E-state index contributed by atoms with van der Waals surface area (Å²) >= 11 is 0. The van der Waals surface area contributed by atoms with Crippen molar-refractivity contribution < 1.29 is 19.1 Å². The molecule has 0 aromatic heterocycles. The lowest BCUT2D eigenvalue weighted by Crippen LogP contribution is -2.55. The Kier molecular flexibility index (Phi) is 6.95. The lowest BCUT2D eigenvalue weighted by molar-refractivity contribution is -0.122. The van der Waals surface area contributed by atoms with Crippen LogP contribution in [0, 0.1) is 0 Å². The number of nitrogens with one attached hydrogen (secondary N) is 1. The summed E-state index contributed by atoms with van der Waals surface area (Å²) in [6.45, 7) is 8.25. The molecule has 0 radical (unpaired) electrons. The second-order valence-corrected chi connectivity index (χ2v) is 6.66. The smallest absolute Gasteiger partial charge is 0.412 e. The summed E-state index contributed by atoms with van der Waals surface area (Å²) in [6.07, 6.45) is -0.268. The van der Waals surface area contributed by atoms with E-state index in [1.54, 1.807) is 27.7 Å². The number of hydrogen-bond acceptors (Lipinski definition) is 4. The Labute approximate surface area is 143 Å². The topological polar surface area (TPSA) is 75.7 Å². The van der Waals surface area contributed by atoms with Crippen LogP contribution in [0.15, 0.2) is 30.3 Å². The van der Waals surface area contributed by atoms with Crippen LogP contribution in [0.1, 0.15) is 40.2 Å². The van der Waals surface area contributed by atoms with Crippen LogP contribution in [-0.4, -0.2) is 41.0 Å². The predicted octanol–water partition coefficient (Wildman–Crippen LogP) is 2.52. The highest BCUT2D eigenvalue weighted by Crippen LogP contribution is 2.16. The monoisotopic (exact) mass is 334 g/mol. The lowest BCUT2D eigenvalue weighted by atomic mass is 10.1. The molecule has 2 amide bonds. The van der Waals surface area contributed by atoms with Crippen LogP contribution in [0.25, 0.3) is 0 Å². The molecule has 0 fully saturated rings. The van der Waals surface area contributed by atoms with Gasteiger partial charge in [-0.3, -0.25) is 9.69 Å². The number of hydrogen-bond donors (Lipinski definition) is 1. The molecule has 6 heteroatoms. The molecule has 0 saturated carbocycles. The van der Waals surface area contributed by atoms with E-state index in [9.17, 15) is 14.4 Å². The van der Waals surface area contributed by atoms with Gasteiger partial charge in [0.2, 0.25) is 5.91 Å². The molecule has 0 aliphatic rings. The number of nitrogens with zero attached hydrogens (tertiary/aromatic N) is 1. The van der Waals surface area contributed by atoms with Crippen molar-refractivity contribution in [2.24, 2.45) is 0 Å². The highest BCUT2D eigenvalue weighted by atomic mass is 16.6. The second-order valence-electron chi connectivity index (χ2n) is 6.66. The molecule has 0 spiro atoms. The molecule has 1 N–H and O–H groups in total. The van der Waals surface area contributed by atoms with Gasteiger partial charge in [-0.15, -0.1) is 0 Å². The molecular weight excluding hydrogens is 308 g/mol. The van der Waals surface area contributed by atoms with Gasteiger partial charge in [-0.2, -0.15) is 0 Å². The molecule has 2 atom stereocenters. The maximum Gasteiger partial charge on any atom is 0.412 e. The van der Waals surface area contributed by atoms with Crippen LogP contribution in [-0.2, 0) is 20.7 Å². The Morgan fingerprint density at radius 3 is 2.29 bits per heavy atom. The van der Waals surface area contributed by atoms with Gasteiger partial charge in [0.25, 0.3) is 0 Å². The molecule has 1 aromatic rings. The molecule has 1 rings (SSSR count). The lowest BCUT2D eigenvalue weighted by Gasteiger charge is -2.35. The van der Waals surface area contributed by atoms with Gasteiger partial charge in [0.05, 0.1) is 6.04 Å². The van der Waals surface area contributed by atoms with Crippen molar-refractivity contribution in [1.29, 1.82) is 0 Å². The first kappa shape index (κ1) is 19.7. The first-order valence-electron chi connectivity index (χ1n) is 7.91. The zero-order valence-electron chi connectivity index (χ0n) is 14.9. The molecule has 1 unspecified atom stereocenters. The van der Waals surface area contributed by atoms with Gasteiger partial charge in [0.1, 0.15) is 18.1 Å². The number of rotatable bonds is 6. The zero-order chi connectivity index (χ0) is 18.3. The summed E-state index contributed by atoms with van der Waals surface area (Å²) in [5.74, 6) is -0.291. The van der Waals surface area contributed by atoms with Crippen LogP contribution in [0.3, 0.4) is 0 Å². The summed E-state index contributed by atoms with van der Waals surface area (Å²) in [7, 11) is 0. The van der Waals surface area contributed by atoms with Crippen LogP contribution >= 0.6 is 0 Å². The molecule has 24 heavy (non-hydrogen) atoms. The normalized spacial score (nSPS) is 13.5. The van der Waals surface area contributed by atoms with E-state index in [1.165, 1.54) is 11.8 Å². The van der Waals surface area contributed by atoms with Crippen LogP contribution in [0.4, 0.5) is 4.79 Å². The number of benzene rings is 1. The van der Waals surface area contributed by atoms with E-state index in [0.29, 0.717) is 12.7 Å². The van der Waals surface area contributed by atoms with Crippen molar-refractivity contribution in [1.82, 2.24) is 10.2 Å². The largest absolute Gasteiger partial charge is 0.444 e. The van der Waals surface area contributed by atoms with Gasteiger partial charge < -0.3 is 14.8 Å². The van der Waals surface area contributed by atoms with Gasteiger partial charge >= 0.3 is 6.09 Å².